The summed E-state index contributed by atoms with van der Waals surface area (Å²) in [7, 11) is 0. The lowest BCUT2D eigenvalue weighted by Gasteiger charge is -2.32. The smallest absolute Gasteiger partial charge is 0.221 e. The molecule has 0 aromatic carbocycles. The lowest BCUT2D eigenvalue weighted by molar-refractivity contribution is 0.0209. The molecule has 19 heavy (non-hydrogen) atoms. The van der Waals surface area contributed by atoms with E-state index in [1.165, 1.54) is 6.42 Å². The first-order valence-electron chi connectivity index (χ1n) is 6.90. The van der Waals surface area contributed by atoms with Gasteiger partial charge in [-0.15, -0.1) is 0 Å². The zero-order valence-corrected chi connectivity index (χ0v) is 11.4. The van der Waals surface area contributed by atoms with Crippen molar-refractivity contribution in [3.63, 3.8) is 0 Å². The largest absolute Gasteiger partial charge is 0.379 e. The molecule has 2 saturated heterocycles. The summed E-state index contributed by atoms with van der Waals surface area (Å²) in [5.74, 6) is 1.35. The van der Waals surface area contributed by atoms with E-state index >= 15 is 0 Å². The van der Waals surface area contributed by atoms with Crippen molar-refractivity contribution >= 4 is 11.8 Å². The van der Waals surface area contributed by atoms with Gasteiger partial charge < -0.3 is 15.4 Å². The van der Waals surface area contributed by atoms with Crippen molar-refractivity contribution in [3.05, 3.63) is 11.8 Å². The molecule has 0 bridgehead atoms. The molecule has 0 radical (unpaired) electrons. The molecular weight excluding hydrogens is 242 g/mol. The maximum absolute atomic E-state index is 5.70. The second-order valence-corrected chi connectivity index (χ2v) is 5.27. The van der Waals surface area contributed by atoms with Crippen LogP contribution in [0.25, 0.3) is 0 Å². The normalized spacial score (nSPS) is 24.9. The van der Waals surface area contributed by atoms with Crippen molar-refractivity contribution in [2.45, 2.75) is 19.4 Å². The van der Waals surface area contributed by atoms with E-state index in [-0.39, 0.29) is 0 Å². The van der Waals surface area contributed by atoms with Gasteiger partial charge in [-0.1, -0.05) is 0 Å². The van der Waals surface area contributed by atoms with E-state index in [0.29, 0.717) is 12.0 Å². The first-order valence-corrected chi connectivity index (χ1v) is 6.90. The SMILES string of the molecule is Cc1cnc(N)nc1N1CCC(N2CCOCC2)C1. The minimum Gasteiger partial charge on any atom is -0.379 e. The van der Waals surface area contributed by atoms with E-state index in [1.807, 2.05) is 6.92 Å². The molecule has 104 valence electrons. The number of aromatic nitrogens is 2. The van der Waals surface area contributed by atoms with Crippen LogP contribution in [-0.4, -0.2) is 60.3 Å². The number of hydrogen-bond acceptors (Lipinski definition) is 6. The van der Waals surface area contributed by atoms with Crippen LogP contribution in [0.5, 0.6) is 0 Å². The fraction of sp³-hybridized carbons (Fsp3) is 0.692. The molecule has 2 aliphatic rings. The minimum atomic E-state index is 0.357. The van der Waals surface area contributed by atoms with E-state index in [1.54, 1.807) is 6.20 Å². The fourth-order valence-corrected chi connectivity index (χ4v) is 2.94. The molecule has 0 spiro atoms. The summed E-state index contributed by atoms with van der Waals surface area (Å²) in [6.07, 6.45) is 2.99. The molecule has 1 aromatic heterocycles. The van der Waals surface area contributed by atoms with Crippen LogP contribution in [0.4, 0.5) is 11.8 Å². The van der Waals surface area contributed by atoms with Crippen molar-refractivity contribution in [3.8, 4) is 0 Å². The van der Waals surface area contributed by atoms with Crippen molar-refractivity contribution in [2.24, 2.45) is 0 Å². The van der Waals surface area contributed by atoms with Crippen LogP contribution < -0.4 is 10.6 Å². The highest BCUT2D eigenvalue weighted by Gasteiger charge is 2.30. The summed E-state index contributed by atoms with van der Waals surface area (Å²) in [6.45, 7) is 7.91. The van der Waals surface area contributed by atoms with Gasteiger partial charge in [0.1, 0.15) is 5.82 Å². The van der Waals surface area contributed by atoms with Gasteiger partial charge in [-0.05, 0) is 13.3 Å². The van der Waals surface area contributed by atoms with Crippen molar-refractivity contribution in [2.75, 3.05) is 50.0 Å². The van der Waals surface area contributed by atoms with Crippen LogP contribution in [0.3, 0.4) is 0 Å². The first kappa shape index (κ1) is 12.6. The highest BCUT2D eigenvalue weighted by Crippen LogP contribution is 2.24. The zero-order valence-electron chi connectivity index (χ0n) is 11.4. The second kappa shape index (κ2) is 5.30. The van der Waals surface area contributed by atoms with Crippen LogP contribution in [0.1, 0.15) is 12.0 Å². The summed E-state index contributed by atoms with van der Waals surface area (Å²) in [6, 6.07) is 0.611. The fourth-order valence-electron chi connectivity index (χ4n) is 2.94. The number of hydrogen-bond donors (Lipinski definition) is 1. The topological polar surface area (TPSA) is 67.5 Å². The summed E-state index contributed by atoms with van der Waals surface area (Å²) < 4.78 is 5.41. The summed E-state index contributed by atoms with van der Waals surface area (Å²) >= 11 is 0. The Morgan fingerprint density at radius 3 is 2.89 bits per heavy atom. The number of morpholine rings is 1. The van der Waals surface area contributed by atoms with Crippen LogP contribution >= 0.6 is 0 Å². The van der Waals surface area contributed by atoms with E-state index in [4.69, 9.17) is 10.5 Å². The first-order chi connectivity index (χ1) is 9.24. The molecular formula is C13H21N5O. The molecule has 3 heterocycles. The third kappa shape index (κ3) is 2.64. The highest BCUT2D eigenvalue weighted by atomic mass is 16.5. The molecule has 0 aliphatic carbocycles. The van der Waals surface area contributed by atoms with Crippen molar-refractivity contribution in [1.29, 1.82) is 0 Å². The van der Waals surface area contributed by atoms with Crippen LogP contribution in [0.2, 0.25) is 0 Å². The Balaban J connectivity index is 1.69. The van der Waals surface area contributed by atoms with Crippen LogP contribution in [0, 0.1) is 6.92 Å². The molecule has 3 rings (SSSR count). The van der Waals surface area contributed by atoms with Gasteiger partial charge in [0.2, 0.25) is 5.95 Å². The van der Waals surface area contributed by atoms with E-state index in [0.717, 1.165) is 50.8 Å². The molecule has 0 saturated carbocycles. The van der Waals surface area contributed by atoms with Gasteiger partial charge in [-0.2, -0.15) is 4.98 Å². The Kier molecular flexibility index (Phi) is 3.52. The standard InChI is InChI=1S/C13H21N5O/c1-10-8-15-13(14)16-12(10)18-3-2-11(9-18)17-4-6-19-7-5-17/h8,11H,2-7,9H2,1H3,(H2,14,15,16). The average Bonchev–Trinajstić information content (AvgIpc) is 2.92. The number of nitrogens with zero attached hydrogens (tertiary/aromatic N) is 4. The van der Waals surface area contributed by atoms with Gasteiger partial charge in [0.15, 0.2) is 0 Å². The summed E-state index contributed by atoms with van der Waals surface area (Å²) in [5, 5.41) is 0. The Labute approximate surface area is 113 Å². The van der Waals surface area contributed by atoms with Gasteiger partial charge >= 0.3 is 0 Å². The van der Waals surface area contributed by atoms with Gasteiger partial charge in [0.25, 0.3) is 0 Å². The highest BCUT2D eigenvalue weighted by molar-refractivity contribution is 5.49. The Hall–Kier alpha value is -1.40. The predicted molar refractivity (Wildman–Crippen MR) is 74.2 cm³/mol. The number of anilines is 2. The number of rotatable bonds is 2. The van der Waals surface area contributed by atoms with E-state index in [9.17, 15) is 0 Å². The zero-order chi connectivity index (χ0) is 13.2. The van der Waals surface area contributed by atoms with Crippen molar-refractivity contribution in [1.82, 2.24) is 14.9 Å². The molecule has 2 fully saturated rings. The Morgan fingerprint density at radius 1 is 1.32 bits per heavy atom. The van der Waals surface area contributed by atoms with Gasteiger partial charge in [-0.3, -0.25) is 4.90 Å². The number of nitrogen functional groups attached to an aromatic ring is 1. The third-order valence-electron chi connectivity index (χ3n) is 3.99. The number of aryl methyl sites for hydroxylation is 1. The molecule has 0 amide bonds. The number of ether oxygens (including phenoxy) is 1. The van der Waals surface area contributed by atoms with Crippen LogP contribution in [0.15, 0.2) is 6.20 Å². The maximum Gasteiger partial charge on any atom is 0.221 e. The van der Waals surface area contributed by atoms with Gasteiger partial charge in [-0.25, -0.2) is 4.98 Å². The molecule has 1 atom stereocenters. The quantitative estimate of drug-likeness (QED) is 0.826. The summed E-state index contributed by atoms with van der Waals surface area (Å²) in [5.41, 5.74) is 6.79. The lowest BCUT2D eigenvalue weighted by atomic mass is 10.2. The Bertz CT molecular complexity index is 447. The maximum atomic E-state index is 5.70. The molecule has 1 aromatic rings. The predicted octanol–water partition coefficient (Wildman–Crippen LogP) is 0.278. The van der Waals surface area contributed by atoms with Crippen LogP contribution in [-0.2, 0) is 4.74 Å². The monoisotopic (exact) mass is 263 g/mol. The van der Waals surface area contributed by atoms with Gasteiger partial charge in [0.05, 0.1) is 13.2 Å². The average molecular weight is 263 g/mol. The van der Waals surface area contributed by atoms with E-state index in [2.05, 4.69) is 19.8 Å². The summed E-state index contributed by atoms with van der Waals surface area (Å²) in [4.78, 5) is 13.3. The second-order valence-electron chi connectivity index (χ2n) is 5.27. The van der Waals surface area contributed by atoms with E-state index < -0.39 is 0 Å². The molecule has 1 unspecified atom stereocenters. The number of nitrogens with two attached hydrogens (primary N) is 1. The molecule has 6 heteroatoms. The third-order valence-corrected chi connectivity index (χ3v) is 3.99. The van der Waals surface area contributed by atoms with Gasteiger partial charge in [0, 0.05) is 44.0 Å². The lowest BCUT2D eigenvalue weighted by Crippen LogP contribution is -2.44. The molecule has 2 aliphatic heterocycles. The molecule has 6 nitrogen and oxygen atoms in total. The molecule has 2 N–H and O–H groups in total. The minimum absolute atomic E-state index is 0.357. The Morgan fingerprint density at radius 2 is 2.11 bits per heavy atom. The van der Waals surface area contributed by atoms with Crippen molar-refractivity contribution < 1.29 is 4.74 Å².